The number of ether oxygens (including phenoxy) is 2. The molecule has 0 bridgehead atoms. The Hall–Kier alpha value is -4.67. The molecule has 3 atom stereocenters. The van der Waals surface area contributed by atoms with E-state index in [1.807, 2.05) is 0 Å². The summed E-state index contributed by atoms with van der Waals surface area (Å²) in [5, 5.41) is 18.4. The average Bonchev–Trinajstić information content (AvgIpc) is 3.45. The third-order valence-corrected chi connectivity index (χ3v) is 5.83. The van der Waals surface area contributed by atoms with Crippen molar-refractivity contribution in [3.8, 4) is 22.6 Å². The Bertz CT molecular complexity index is 1410. The van der Waals surface area contributed by atoms with Crippen LogP contribution in [0.15, 0.2) is 36.5 Å². The summed E-state index contributed by atoms with van der Waals surface area (Å²) < 4.78 is 58.7. The zero-order valence-corrected chi connectivity index (χ0v) is 22.0. The van der Waals surface area contributed by atoms with Crippen LogP contribution in [0.5, 0.6) is 0 Å². The number of pyridine rings is 1. The van der Waals surface area contributed by atoms with Gasteiger partial charge < -0.3 is 20.3 Å². The summed E-state index contributed by atoms with van der Waals surface area (Å²) in [6.45, 7) is 5.20. The van der Waals surface area contributed by atoms with Crippen LogP contribution in [0, 0.1) is 11.7 Å². The Kier molecular flexibility index (Phi) is 9.21. The van der Waals surface area contributed by atoms with Crippen molar-refractivity contribution >= 4 is 23.7 Å². The number of rotatable bonds is 6. The lowest BCUT2D eigenvalue weighted by molar-refractivity contribution is -0.192. The van der Waals surface area contributed by atoms with Gasteiger partial charge in [0.05, 0.1) is 5.69 Å². The lowest BCUT2D eigenvalue weighted by Gasteiger charge is -2.22. The molecule has 2 aromatic heterocycles. The van der Waals surface area contributed by atoms with E-state index in [1.54, 1.807) is 52.1 Å². The Labute approximate surface area is 229 Å². The van der Waals surface area contributed by atoms with Gasteiger partial charge in [0.25, 0.3) is 6.29 Å². The maximum atomic E-state index is 15.0. The third-order valence-electron chi connectivity index (χ3n) is 5.83. The highest BCUT2D eigenvalue weighted by molar-refractivity contribution is 5.91. The molecule has 1 aromatic carbocycles. The van der Waals surface area contributed by atoms with Crippen LogP contribution in [0.2, 0.25) is 0 Å². The molecule has 3 N–H and O–H groups in total. The molecule has 3 aromatic rings. The standard InChI is InChI=1S/C22H24FN7O4.C2HF3O2/c1-11(2)18(24)20(31)33-21-12(3)30(22(32)34-21)14-6-7-15(16(23)9-14)13-5-8-17(25-10-13)19-26-27-28-29(19)4;3-2(4,5)1(6)7/h5-12,18,21H,24H2,1-4H3;(H,6,7)/t12-,18+,21?;/m1./s1. The van der Waals surface area contributed by atoms with Crippen molar-refractivity contribution in [1.29, 1.82) is 0 Å². The fourth-order valence-corrected chi connectivity index (χ4v) is 3.49. The van der Waals surface area contributed by atoms with Gasteiger partial charge in [0, 0.05) is 24.4 Å². The van der Waals surface area contributed by atoms with Crippen molar-refractivity contribution in [2.24, 2.45) is 18.7 Å². The Morgan fingerprint density at radius 2 is 1.85 bits per heavy atom. The predicted octanol–water partition coefficient (Wildman–Crippen LogP) is 2.91. The molecular formula is C24H25F4N7O6. The molecule has 0 saturated carbocycles. The largest absolute Gasteiger partial charge is 0.490 e. The van der Waals surface area contributed by atoms with Crippen LogP contribution in [0.3, 0.4) is 0 Å². The van der Waals surface area contributed by atoms with Gasteiger partial charge in [0.2, 0.25) is 0 Å². The predicted molar refractivity (Wildman–Crippen MR) is 132 cm³/mol. The number of aryl methyl sites for hydroxylation is 1. The zero-order valence-electron chi connectivity index (χ0n) is 22.0. The number of hydrogen-bond donors (Lipinski definition) is 2. The number of aromatic nitrogens is 5. The summed E-state index contributed by atoms with van der Waals surface area (Å²) in [6.07, 6.45) is -5.47. The number of esters is 1. The van der Waals surface area contributed by atoms with Gasteiger partial charge in [-0.05, 0) is 47.5 Å². The highest BCUT2D eigenvalue weighted by Crippen LogP contribution is 2.32. The number of carboxylic acids is 1. The number of anilines is 1. The SMILES string of the molecule is CC(C)[C@H](N)C(=O)OC1OC(=O)N(c2ccc(-c3ccc(-c4nnnn4C)nc3)c(F)c2)[C@@H]1C.O=C(O)C(F)(F)F. The molecule has 1 fully saturated rings. The second-order valence-corrected chi connectivity index (χ2v) is 9.09. The maximum Gasteiger partial charge on any atom is 0.490 e. The normalized spacial score (nSPS) is 17.5. The second kappa shape index (κ2) is 12.2. The number of halogens is 4. The van der Waals surface area contributed by atoms with E-state index in [1.165, 1.54) is 21.8 Å². The van der Waals surface area contributed by atoms with Crippen LogP contribution in [-0.4, -0.2) is 72.9 Å². The summed E-state index contributed by atoms with van der Waals surface area (Å²) >= 11 is 0. The molecule has 1 unspecified atom stereocenters. The van der Waals surface area contributed by atoms with Crippen LogP contribution in [0.4, 0.5) is 28.0 Å². The van der Waals surface area contributed by atoms with Gasteiger partial charge in [-0.25, -0.2) is 18.7 Å². The minimum Gasteiger partial charge on any atom is -0.475 e. The smallest absolute Gasteiger partial charge is 0.475 e. The number of alkyl halides is 3. The molecule has 0 radical (unpaired) electrons. The van der Waals surface area contributed by atoms with E-state index in [0.29, 0.717) is 22.6 Å². The van der Waals surface area contributed by atoms with Gasteiger partial charge in [-0.2, -0.15) is 13.2 Å². The number of amides is 1. The first-order chi connectivity index (χ1) is 19.1. The number of cyclic esters (lactones) is 1. The molecule has 13 nitrogen and oxygen atoms in total. The summed E-state index contributed by atoms with van der Waals surface area (Å²) in [5.41, 5.74) is 7.44. The minimum absolute atomic E-state index is 0.140. The first kappa shape index (κ1) is 30.9. The lowest BCUT2D eigenvalue weighted by atomic mass is 10.1. The highest BCUT2D eigenvalue weighted by atomic mass is 19.4. The number of hydrogen-bond acceptors (Lipinski definition) is 10. The summed E-state index contributed by atoms with van der Waals surface area (Å²) in [7, 11) is 1.69. The molecule has 0 spiro atoms. The fraction of sp³-hybridized carbons (Fsp3) is 0.375. The van der Waals surface area contributed by atoms with Crippen molar-refractivity contribution in [3.63, 3.8) is 0 Å². The van der Waals surface area contributed by atoms with Crippen molar-refractivity contribution in [2.45, 2.75) is 45.3 Å². The van der Waals surface area contributed by atoms with Gasteiger partial charge in [0.1, 0.15) is 23.6 Å². The van der Waals surface area contributed by atoms with Crippen LogP contribution < -0.4 is 10.6 Å². The molecule has 4 rings (SSSR count). The first-order valence-electron chi connectivity index (χ1n) is 11.9. The van der Waals surface area contributed by atoms with E-state index in [0.717, 1.165) is 0 Å². The number of nitrogens with two attached hydrogens (primary N) is 1. The van der Waals surface area contributed by atoms with Crippen molar-refractivity contribution in [2.75, 3.05) is 4.90 Å². The molecule has 1 aliphatic heterocycles. The number of nitrogens with zero attached hydrogens (tertiary/aromatic N) is 6. The Morgan fingerprint density at radius 3 is 2.34 bits per heavy atom. The van der Waals surface area contributed by atoms with E-state index >= 15 is 4.39 Å². The van der Waals surface area contributed by atoms with Crippen LogP contribution in [0.1, 0.15) is 20.8 Å². The second-order valence-electron chi connectivity index (χ2n) is 9.09. The van der Waals surface area contributed by atoms with E-state index in [9.17, 15) is 22.8 Å². The summed E-state index contributed by atoms with van der Waals surface area (Å²) in [4.78, 5) is 39.1. The van der Waals surface area contributed by atoms with Crippen molar-refractivity contribution in [3.05, 3.63) is 42.3 Å². The van der Waals surface area contributed by atoms with Gasteiger partial charge in [0.15, 0.2) is 5.82 Å². The number of carbonyl (C=O) groups is 3. The molecule has 1 saturated heterocycles. The maximum absolute atomic E-state index is 15.0. The Balaban J connectivity index is 0.000000587. The van der Waals surface area contributed by atoms with Crippen LogP contribution in [-0.2, 0) is 26.1 Å². The number of benzene rings is 1. The Morgan fingerprint density at radius 1 is 1.20 bits per heavy atom. The van der Waals surface area contributed by atoms with Gasteiger partial charge in [-0.3, -0.25) is 14.7 Å². The summed E-state index contributed by atoms with van der Waals surface area (Å²) in [6, 6.07) is 6.21. The topological polar surface area (TPSA) is 176 Å². The van der Waals surface area contributed by atoms with E-state index in [2.05, 4.69) is 20.5 Å². The number of aliphatic carboxylic acids is 1. The minimum atomic E-state index is -5.08. The van der Waals surface area contributed by atoms with Gasteiger partial charge in [-0.1, -0.05) is 19.9 Å². The lowest BCUT2D eigenvalue weighted by Crippen LogP contribution is -2.42. The molecule has 0 aliphatic carbocycles. The summed E-state index contributed by atoms with van der Waals surface area (Å²) in [5.74, 6) is -3.65. The van der Waals surface area contributed by atoms with Crippen molar-refractivity contribution in [1.82, 2.24) is 25.2 Å². The molecular weight excluding hydrogens is 558 g/mol. The molecule has 3 heterocycles. The third kappa shape index (κ3) is 7.10. The van der Waals surface area contributed by atoms with E-state index in [-0.39, 0.29) is 11.6 Å². The highest BCUT2D eigenvalue weighted by Gasteiger charge is 2.43. The molecule has 1 amide bonds. The van der Waals surface area contributed by atoms with Crippen molar-refractivity contribution < 1.29 is 46.5 Å². The monoisotopic (exact) mass is 583 g/mol. The quantitative estimate of drug-likeness (QED) is 0.322. The molecule has 1 aliphatic rings. The average molecular weight is 583 g/mol. The van der Waals surface area contributed by atoms with Crippen LogP contribution in [0.25, 0.3) is 22.6 Å². The van der Waals surface area contributed by atoms with Gasteiger partial charge >= 0.3 is 24.2 Å². The fourth-order valence-electron chi connectivity index (χ4n) is 3.49. The number of tetrazole rings is 1. The molecule has 220 valence electrons. The first-order valence-corrected chi connectivity index (χ1v) is 11.9. The molecule has 41 heavy (non-hydrogen) atoms. The number of carbonyl (C=O) groups excluding carboxylic acids is 2. The van der Waals surface area contributed by atoms with E-state index < -0.39 is 48.4 Å². The van der Waals surface area contributed by atoms with E-state index in [4.69, 9.17) is 25.1 Å². The molecule has 17 heteroatoms. The number of carboxylic acid groups (broad SMARTS) is 1. The van der Waals surface area contributed by atoms with Gasteiger partial charge in [-0.15, -0.1) is 5.10 Å². The zero-order chi connectivity index (χ0) is 30.6. The van der Waals surface area contributed by atoms with Crippen LogP contribution >= 0.6 is 0 Å².